The number of nitrogens with one attached hydrogen (secondary N) is 2. The summed E-state index contributed by atoms with van der Waals surface area (Å²) in [6, 6.07) is 13.8. The molecule has 4 nitrogen and oxygen atoms in total. The third-order valence-corrected chi connectivity index (χ3v) is 4.70. The minimum absolute atomic E-state index is 0.137. The van der Waals surface area contributed by atoms with Gasteiger partial charge < -0.3 is 15.7 Å². The summed E-state index contributed by atoms with van der Waals surface area (Å²) in [6.45, 7) is 13.7. The Hall–Kier alpha value is -2.75. The first kappa shape index (κ1) is 22.5. The van der Waals surface area contributed by atoms with Gasteiger partial charge in [-0.3, -0.25) is 4.79 Å². The van der Waals surface area contributed by atoms with Gasteiger partial charge in [-0.2, -0.15) is 0 Å². The van der Waals surface area contributed by atoms with Crippen molar-refractivity contribution in [2.45, 2.75) is 52.4 Å². The molecule has 0 saturated carbocycles. The van der Waals surface area contributed by atoms with E-state index in [4.69, 9.17) is 0 Å². The molecule has 0 heterocycles. The molecular weight excluding hydrogens is 360 g/mol. The number of anilines is 1. The maximum atomic E-state index is 12.2. The van der Waals surface area contributed by atoms with Gasteiger partial charge in [0.1, 0.15) is 5.75 Å². The lowest BCUT2D eigenvalue weighted by Gasteiger charge is -2.27. The minimum atomic E-state index is -0.195. The van der Waals surface area contributed by atoms with Crippen LogP contribution in [-0.4, -0.2) is 24.1 Å². The predicted octanol–water partition coefficient (Wildman–Crippen LogP) is 5.23. The van der Waals surface area contributed by atoms with E-state index in [9.17, 15) is 9.90 Å². The first-order valence-electron chi connectivity index (χ1n) is 10.1. The van der Waals surface area contributed by atoms with Gasteiger partial charge in [-0.05, 0) is 46.7 Å². The second kappa shape index (κ2) is 9.17. The van der Waals surface area contributed by atoms with Crippen molar-refractivity contribution in [1.82, 2.24) is 5.32 Å². The molecule has 2 rings (SSSR count). The molecule has 0 saturated heterocycles. The topological polar surface area (TPSA) is 61.4 Å². The summed E-state index contributed by atoms with van der Waals surface area (Å²) in [6.07, 6.45) is 3.36. The van der Waals surface area contributed by atoms with E-state index in [1.165, 1.54) is 0 Å². The highest BCUT2D eigenvalue weighted by atomic mass is 16.3. The van der Waals surface area contributed by atoms with Gasteiger partial charge in [-0.1, -0.05) is 59.7 Å². The van der Waals surface area contributed by atoms with Gasteiger partial charge >= 0.3 is 0 Å². The number of benzene rings is 2. The Morgan fingerprint density at radius 3 is 2.00 bits per heavy atom. The molecule has 0 aliphatic carbocycles. The van der Waals surface area contributed by atoms with Crippen molar-refractivity contribution in [3.63, 3.8) is 0 Å². The molecule has 0 atom stereocenters. The van der Waals surface area contributed by atoms with Gasteiger partial charge in [0.15, 0.2) is 0 Å². The Morgan fingerprint density at radius 2 is 1.48 bits per heavy atom. The fourth-order valence-electron chi connectivity index (χ4n) is 3.08. The van der Waals surface area contributed by atoms with Gasteiger partial charge in [0.25, 0.3) is 0 Å². The van der Waals surface area contributed by atoms with Crippen molar-refractivity contribution in [2.24, 2.45) is 0 Å². The number of carbonyl (C=O) groups is 1. The molecule has 29 heavy (non-hydrogen) atoms. The molecule has 0 aromatic heterocycles. The van der Waals surface area contributed by atoms with E-state index < -0.39 is 0 Å². The number of phenolic OH excluding ortho intramolecular Hbond substituents is 1. The zero-order valence-corrected chi connectivity index (χ0v) is 18.5. The van der Waals surface area contributed by atoms with Gasteiger partial charge in [-0.15, -0.1) is 0 Å². The minimum Gasteiger partial charge on any atom is -0.507 e. The lowest BCUT2D eigenvalue weighted by molar-refractivity contribution is -0.116. The van der Waals surface area contributed by atoms with Crippen LogP contribution in [-0.2, 0) is 15.6 Å². The predicted molar refractivity (Wildman–Crippen MR) is 122 cm³/mol. The molecule has 4 heteroatoms. The molecule has 0 unspecified atom stereocenters. The summed E-state index contributed by atoms with van der Waals surface area (Å²) in [5.41, 5.74) is 3.33. The first-order chi connectivity index (χ1) is 13.5. The molecule has 2 aromatic carbocycles. The van der Waals surface area contributed by atoms with E-state index in [-0.39, 0.29) is 16.7 Å². The molecule has 0 bridgehead atoms. The van der Waals surface area contributed by atoms with Crippen molar-refractivity contribution < 1.29 is 9.90 Å². The normalized spacial score (nSPS) is 12.2. The third-order valence-electron chi connectivity index (χ3n) is 4.70. The van der Waals surface area contributed by atoms with E-state index in [0.29, 0.717) is 18.8 Å². The summed E-state index contributed by atoms with van der Waals surface area (Å²) in [4.78, 5) is 12.2. The number of carbonyl (C=O) groups excluding carboxylic acids is 1. The van der Waals surface area contributed by atoms with E-state index >= 15 is 0 Å². The van der Waals surface area contributed by atoms with Crippen LogP contribution >= 0.6 is 0 Å². The molecule has 1 amide bonds. The number of amides is 1. The summed E-state index contributed by atoms with van der Waals surface area (Å²) < 4.78 is 0. The Bertz CT molecular complexity index is 822. The van der Waals surface area contributed by atoms with E-state index in [2.05, 4.69) is 52.2 Å². The second-order valence-corrected chi connectivity index (χ2v) is 9.38. The quantitative estimate of drug-likeness (QED) is 0.464. The summed E-state index contributed by atoms with van der Waals surface area (Å²) in [7, 11) is 0. The first-order valence-corrected chi connectivity index (χ1v) is 10.1. The monoisotopic (exact) mass is 394 g/mol. The van der Waals surface area contributed by atoms with Crippen molar-refractivity contribution in [3.8, 4) is 5.75 Å². The summed E-state index contributed by atoms with van der Waals surface area (Å²) in [5, 5.41) is 16.9. The van der Waals surface area contributed by atoms with Crippen LogP contribution in [0.25, 0.3) is 6.08 Å². The van der Waals surface area contributed by atoms with Gasteiger partial charge in [0.2, 0.25) is 5.91 Å². The SMILES string of the molecule is CC(C)(C)c1cc(/C=C/C(=O)NCCNc2ccccc2)cc(C(C)(C)C)c1O. The van der Waals surface area contributed by atoms with E-state index in [1.807, 2.05) is 48.5 Å². The van der Waals surface area contributed by atoms with Crippen molar-refractivity contribution in [2.75, 3.05) is 18.4 Å². The highest BCUT2D eigenvalue weighted by Crippen LogP contribution is 2.39. The molecule has 0 fully saturated rings. The van der Waals surface area contributed by atoms with Crippen LogP contribution in [0.2, 0.25) is 0 Å². The molecular formula is C25H34N2O2. The Balaban J connectivity index is 2.05. The van der Waals surface area contributed by atoms with Crippen LogP contribution in [0.1, 0.15) is 58.2 Å². The Labute approximate surface area is 175 Å². The largest absolute Gasteiger partial charge is 0.507 e. The maximum absolute atomic E-state index is 12.2. The van der Waals surface area contributed by atoms with Crippen LogP contribution in [0.5, 0.6) is 5.75 Å². The van der Waals surface area contributed by atoms with Gasteiger partial charge in [0, 0.05) is 36.0 Å². The standard InChI is InChI=1S/C25H34N2O2/c1-24(2,3)20-16-18(17-21(23(20)29)25(4,5)6)12-13-22(28)27-15-14-26-19-10-8-7-9-11-19/h7-13,16-17,26,29H,14-15H2,1-6H3,(H,27,28)/b13-12+. The smallest absolute Gasteiger partial charge is 0.244 e. The summed E-state index contributed by atoms with van der Waals surface area (Å²) in [5.74, 6) is 0.209. The molecule has 0 aliphatic rings. The fourth-order valence-corrected chi connectivity index (χ4v) is 3.08. The fraction of sp³-hybridized carbons (Fsp3) is 0.400. The third kappa shape index (κ3) is 6.67. The number of rotatable bonds is 6. The zero-order chi connectivity index (χ0) is 21.7. The number of aromatic hydroxyl groups is 1. The van der Waals surface area contributed by atoms with E-state index in [0.717, 1.165) is 22.4 Å². The van der Waals surface area contributed by atoms with Crippen LogP contribution in [0, 0.1) is 0 Å². The van der Waals surface area contributed by atoms with Crippen LogP contribution in [0.3, 0.4) is 0 Å². The molecule has 3 N–H and O–H groups in total. The van der Waals surface area contributed by atoms with Crippen LogP contribution in [0.15, 0.2) is 48.5 Å². The number of hydrogen-bond donors (Lipinski definition) is 3. The van der Waals surface area contributed by atoms with Gasteiger partial charge in [0.05, 0.1) is 0 Å². The van der Waals surface area contributed by atoms with Crippen molar-refractivity contribution >= 4 is 17.7 Å². The molecule has 156 valence electrons. The number of para-hydroxylation sites is 1. The lowest BCUT2D eigenvalue weighted by Crippen LogP contribution is -2.27. The summed E-state index contributed by atoms with van der Waals surface area (Å²) >= 11 is 0. The Kier molecular flexibility index (Phi) is 7.12. The maximum Gasteiger partial charge on any atom is 0.244 e. The van der Waals surface area contributed by atoms with Crippen molar-refractivity contribution in [3.05, 3.63) is 65.2 Å². The average molecular weight is 395 g/mol. The average Bonchev–Trinajstić information content (AvgIpc) is 2.63. The van der Waals surface area contributed by atoms with Crippen LogP contribution in [0.4, 0.5) is 5.69 Å². The van der Waals surface area contributed by atoms with Gasteiger partial charge in [-0.25, -0.2) is 0 Å². The number of hydrogen-bond acceptors (Lipinski definition) is 3. The second-order valence-electron chi connectivity index (χ2n) is 9.38. The molecule has 0 spiro atoms. The van der Waals surface area contributed by atoms with E-state index in [1.54, 1.807) is 6.08 Å². The number of phenols is 1. The lowest BCUT2D eigenvalue weighted by atomic mass is 9.78. The zero-order valence-electron chi connectivity index (χ0n) is 18.5. The Morgan fingerprint density at radius 1 is 0.931 bits per heavy atom. The van der Waals surface area contributed by atoms with Crippen molar-refractivity contribution in [1.29, 1.82) is 0 Å². The van der Waals surface area contributed by atoms with Crippen LogP contribution < -0.4 is 10.6 Å². The highest BCUT2D eigenvalue weighted by Gasteiger charge is 2.26. The molecule has 0 radical (unpaired) electrons. The highest BCUT2D eigenvalue weighted by molar-refractivity contribution is 5.91. The molecule has 2 aromatic rings. The molecule has 0 aliphatic heterocycles.